The first kappa shape index (κ1) is 15.3. The molecule has 0 saturated carbocycles. The summed E-state index contributed by atoms with van der Waals surface area (Å²) in [5.41, 5.74) is 7.55. The van der Waals surface area contributed by atoms with Crippen LogP contribution in [-0.4, -0.2) is 43.5 Å². The van der Waals surface area contributed by atoms with Gasteiger partial charge in [-0.2, -0.15) is 0 Å². The van der Waals surface area contributed by atoms with Crippen molar-refractivity contribution in [3.63, 3.8) is 0 Å². The van der Waals surface area contributed by atoms with E-state index in [1.54, 1.807) is 13.1 Å². The third-order valence-electron chi connectivity index (χ3n) is 3.93. The van der Waals surface area contributed by atoms with Crippen molar-refractivity contribution >= 4 is 17.5 Å². The molecular formula is C15H22ClN3O. The number of halogens is 1. The number of nitrogens with two attached hydrogens (primary N) is 1. The Hall–Kier alpha value is -1.10. The summed E-state index contributed by atoms with van der Waals surface area (Å²) in [5.74, 6) is -0.117. The van der Waals surface area contributed by atoms with Crippen molar-refractivity contribution in [3.05, 3.63) is 34.3 Å². The Kier molecular flexibility index (Phi) is 5.40. The molecule has 0 unspecified atom stereocenters. The Morgan fingerprint density at radius 1 is 1.45 bits per heavy atom. The second-order valence-corrected chi connectivity index (χ2v) is 5.63. The molecule has 1 aromatic rings. The Balaban J connectivity index is 2.10. The minimum Gasteiger partial charge on any atom is -0.355 e. The largest absolute Gasteiger partial charge is 0.355 e. The first-order valence-electron chi connectivity index (χ1n) is 7.10. The van der Waals surface area contributed by atoms with Crippen LogP contribution in [0.15, 0.2) is 18.2 Å². The van der Waals surface area contributed by atoms with Gasteiger partial charge in [0.1, 0.15) is 0 Å². The summed E-state index contributed by atoms with van der Waals surface area (Å²) in [5, 5.41) is 3.24. The number of nitrogens with one attached hydrogen (secondary N) is 1. The number of carbonyl (C=O) groups is 1. The highest BCUT2D eigenvalue weighted by atomic mass is 35.5. The molecule has 5 heteroatoms. The number of nitrogens with zero attached hydrogens (tertiary/aromatic N) is 1. The Morgan fingerprint density at radius 2 is 2.15 bits per heavy atom. The highest BCUT2D eigenvalue weighted by Gasteiger charge is 2.21. The fourth-order valence-electron chi connectivity index (χ4n) is 2.72. The minimum absolute atomic E-state index is 0.117. The van der Waals surface area contributed by atoms with Gasteiger partial charge in [0.2, 0.25) is 0 Å². The molecule has 1 aliphatic rings. The molecule has 0 bridgehead atoms. The van der Waals surface area contributed by atoms with Gasteiger partial charge in [-0.25, -0.2) is 0 Å². The highest BCUT2D eigenvalue weighted by molar-refractivity contribution is 6.31. The molecule has 0 radical (unpaired) electrons. The van der Waals surface area contributed by atoms with Gasteiger partial charge < -0.3 is 11.1 Å². The van der Waals surface area contributed by atoms with Crippen molar-refractivity contribution in [2.45, 2.75) is 25.3 Å². The molecule has 20 heavy (non-hydrogen) atoms. The molecule has 1 heterocycles. The highest BCUT2D eigenvalue weighted by Crippen LogP contribution is 2.22. The second kappa shape index (κ2) is 7.07. The van der Waals surface area contributed by atoms with Gasteiger partial charge in [0.05, 0.1) is 0 Å². The van der Waals surface area contributed by atoms with Gasteiger partial charge in [-0.1, -0.05) is 17.7 Å². The fraction of sp³-hybridized carbons (Fsp3) is 0.533. The Morgan fingerprint density at radius 3 is 2.70 bits per heavy atom. The topological polar surface area (TPSA) is 58.4 Å². The van der Waals surface area contributed by atoms with Gasteiger partial charge >= 0.3 is 0 Å². The lowest BCUT2D eigenvalue weighted by Crippen LogP contribution is -2.40. The molecular weight excluding hydrogens is 274 g/mol. The van der Waals surface area contributed by atoms with E-state index in [2.05, 4.69) is 10.2 Å². The summed E-state index contributed by atoms with van der Waals surface area (Å²) in [7, 11) is 1.61. The number of benzene rings is 1. The average Bonchev–Trinajstić information content (AvgIpc) is 2.99. The van der Waals surface area contributed by atoms with Crippen molar-refractivity contribution in [3.8, 4) is 0 Å². The maximum Gasteiger partial charge on any atom is 0.251 e. The zero-order valence-electron chi connectivity index (χ0n) is 11.9. The van der Waals surface area contributed by atoms with E-state index in [0.29, 0.717) is 23.2 Å². The van der Waals surface area contributed by atoms with Crippen molar-refractivity contribution < 1.29 is 4.79 Å². The Labute approximate surface area is 125 Å². The van der Waals surface area contributed by atoms with E-state index in [1.165, 1.54) is 12.8 Å². The maximum absolute atomic E-state index is 11.6. The molecule has 3 N–H and O–H groups in total. The van der Waals surface area contributed by atoms with Crippen molar-refractivity contribution in [1.29, 1.82) is 0 Å². The monoisotopic (exact) mass is 295 g/mol. The fourth-order valence-corrected chi connectivity index (χ4v) is 2.98. The third-order valence-corrected chi connectivity index (χ3v) is 4.28. The molecule has 0 aromatic heterocycles. The average molecular weight is 296 g/mol. The van der Waals surface area contributed by atoms with E-state index in [4.69, 9.17) is 17.3 Å². The van der Waals surface area contributed by atoms with Gasteiger partial charge in [-0.3, -0.25) is 9.69 Å². The van der Waals surface area contributed by atoms with Crippen molar-refractivity contribution in [2.75, 3.05) is 26.7 Å². The maximum atomic E-state index is 11.6. The summed E-state index contributed by atoms with van der Waals surface area (Å²) >= 11 is 6.30. The molecule has 1 amide bonds. The summed E-state index contributed by atoms with van der Waals surface area (Å²) in [4.78, 5) is 14.0. The summed E-state index contributed by atoms with van der Waals surface area (Å²) in [6.07, 6.45) is 3.34. The van der Waals surface area contributed by atoms with Crippen LogP contribution < -0.4 is 11.1 Å². The van der Waals surface area contributed by atoms with Crippen LogP contribution in [0.5, 0.6) is 0 Å². The van der Waals surface area contributed by atoms with Crippen LogP contribution in [0.2, 0.25) is 5.02 Å². The first-order chi connectivity index (χ1) is 9.65. The molecule has 110 valence electrons. The van der Waals surface area contributed by atoms with Crippen LogP contribution in [0.3, 0.4) is 0 Å². The number of hydrogen-bond donors (Lipinski definition) is 2. The van der Waals surface area contributed by atoms with Crippen molar-refractivity contribution in [1.82, 2.24) is 10.2 Å². The van der Waals surface area contributed by atoms with E-state index in [-0.39, 0.29) is 5.91 Å². The molecule has 1 saturated heterocycles. The van der Waals surface area contributed by atoms with E-state index in [1.807, 2.05) is 12.1 Å². The lowest BCUT2D eigenvalue weighted by atomic mass is 10.0. The normalized spacial score (nSPS) is 17.1. The van der Waals surface area contributed by atoms with Crippen LogP contribution in [0, 0.1) is 0 Å². The predicted octanol–water partition coefficient (Wildman–Crippen LogP) is 1.67. The summed E-state index contributed by atoms with van der Waals surface area (Å²) < 4.78 is 0. The van der Waals surface area contributed by atoms with Crippen LogP contribution in [-0.2, 0) is 6.42 Å². The third kappa shape index (κ3) is 3.51. The minimum atomic E-state index is -0.117. The molecule has 0 aliphatic carbocycles. The van der Waals surface area contributed by atoms with E-state index >= 15 is 0 Å². The Bertz CT molecular complexity index is 472. The molecule has 1 fully saturated rings. The van der Waals surface area contributed by atoms with Gasteiger partial charge in [-0.05, 0) is 50.0 Å². The van der Waals surface area contributed by atoms with E-state index in [0.717, 1.165) is 25.1 Å². The molecule has 1 atom stereocenters. The zero-order valence-corrected chi connectivity index (χ0v) is 12.6. The van der Waals surface area contributed by atoms with Gasteiger partial charge in [-0.15, -0.1) is 0 Å². The first-order valence-corrected chi connectivity index (χ1v) is 7.48. The van der Waals surface area contributed by atoms with E-state index < -0.39 is 0 Å². The quantitative estimate of drug-likeness (QED) is 0.869. The lowest BCUT2D eigenvalue weighted by Gasteiger charge is -2.26. The van der Waals surface area contributed by atoms with Gasteiger partial charge in [0.15, 0.2) is 0 Å². The SMILES string of the molecule is CNC(=O)c1ccc(C[C@@H](CN)N2CCCC2)c(Cl)c1. The van der Waals surface area contributed by atoms with Crippen LogP contribution in [0.25, 0.3) is 0 Å². The summed E-state index contributed by atoms with van der Waals surface area (Å²) in [6.45, 7) is 2.87. The smallest absolute Gasteiger partial charge is 0.251 e. The zero-order chi connectivity index (χ0) is 14.5. The van der Waals surface area contributed by atoms with Crippen LogP contribution in [0.1, 0.15) is 28.8 Å². The molecule has 2 rings (SSSR count). The molecule has 1 aromatic carbocycles. The molecule has 1 aliphatic heterocycles. The molecule has 4 nitrogen and oxygen atoms in total. The second-order valence-electron chi connectivity index (χ2n) is 5.22. The number of amides is 1. The number of hydrogen-bond acceptors (Lipinski definition) is 3. The predicted molar refractivity (Wildman–Crippen MR) is 82.2 cm³/mol. The van der Waals surface area contributed by atoms with Crippen molar-refractivity contribution in [2.24, 2.45) is 5.73 Å². The summed E-state index contributed by atoms with van der Waals surface area (Å²) in [6, 6.07) is 5.82. The lowest BCUT2D eigenvalue weighted by molar-refractivity contribution is 0.0963. The number of likely N-dealkylation sites (tertiary alicyclic amines) is 1. The van der Waals surface area contributed by atoms with Gasteiger partial charge in [0.25, 0.3) is 5.91 Å². The van der Waals surface area contributed by atoms with Gasteiger partial charge in [0, 0.05) is 30.2 Å². The van der Waals surface area contributed by atoms with Crippen LogP contribution in [0.4, 0.5) is 0 Å². The standard InChI is InChI=1S/C15H22ClN3O/c1-18-15(20)12-5-4-11(14(16)9-12)8-13(10-17)19-6-2-3-7-19/h4-5,9,13H,2-3,6-8,10,17H2,1H3,(H,18,20)/t13-/m0/s1. The van der Waals surface area contributed by atoms with E-state index in [9.17, 15) is 4.79 Å². The molecule has 0 spiro atoms. The van der Waals surface area contributed by atoms with Crippen LogP contribution >= 0.6 is 11.6 Å². The number of rotatable bonds is 5. The number of carbonyl (C=O) groups excluding carboxylic acids is 1.